The Morgan fingerprint density at radius 1 is 1.17 bits per heavy atom. The van der Waals surface area contributed by atoms with E-state index in [0.29, 0.717) is 39.1 Å². The maximum absolute atomic E-state index is 12.7. The summed E-state index contributed by atoms with van der Waals surface area (Å²) in [5.74, 6) is 0.583. The summed E-state index contributed by atoms with van der Waals surface area (Å²) in [6.07, 6.45) is 4.40. The third kappa shape index (κ3) is 3.27. The Bertz CT molecular complexity index is 1370. The number of para-hydroxylation sites is 1. The molecule has 0 bridgehead atoms. The number of allylic oxidation sites excluding steroid dienone is 1. The molecule has 0 saturated carbocycles. The lowest BCUT2D eigenvalue weighted by Crippen LogP contribution is -2.04. The first-order valence-corrected chi connectivity index (χ1v) is 9.06. The van der Waals surface area contributed by atoms with Crippen LogP contribution in [0.25, 0.3) is 28.3 Å². The van der Waals surface area contributed by atoms with E-state index >= 15 is 0 Å². The molecule has 0 saturated heterocycles. The van der Waals surface area contributed by atoms with Crippen LogP contribution in [0.3, 0.4) is 0 Å². The first-order chi connectivity index (χ1) is 14.5. The van der Waals surface area contributed by atoms with Crippen LogP contribution < -0.4 is 0 Å². The second-order valence-corrected chi connectivity index (χ2v) is 6.62. The summed E-state index contributed by atoms with van der Waals surface area (Å²) in [7, 11) is 0. The number of aromatic nitrogens is 1. The Hall–Kier alpha value is -4.44. The van der Waals surface area contributed by atoms with E-state index in [9.17, 15) is 20.2 Å². The van der Waals surface area contributed by atoms with Crippen LogP contribution in [-0.2, 0) is 0 Å². The van der Waals surface area contributed by atoms with Crippen molar-refractivity contribution in [2.24, 2.45) is 0 Å². The minimum absolute atomic E-state index is 0.0175. The van der Waals surface area contributed by atoms with E-state index in [1.807, 2.05) is 6.07 Å². The third-order valence-electron chi connectivity index (χ3n) is 4.85. The highest BCUT2D eigenvalue weighted by Crippen LogP contribution is 2.31. The monoisotopic (exact) mass is 397 g/mol. The van der Waals surface area contributed by atoms with E-state index in [-0.39, 0.29) is 11.6 Å². The number of carbonyl (C=O) groups is 1. The molecule has 7 heteroatoms. The number of hydrogen-bond donors (Lipinski definition) is 0. The lowest BCUT2D eigenvalue weighted by atomic mass is 10.1. The second kappa shape index (κ2) is 7.53. The van der Waals surface area contributed by atoms with Crippen molar-refractivity contribution in [3.63, 3.8) is 0 Å². The van der Waals surface area contributed by atoms with Crippen molar-refractivity contribution in [3.8, 4) is 17.4 Å². The molecule has 2 aromatic heterocycles. The van der Waals surface area contributed by atoms with Gasteiger partial charge in [0.2, 0.25) is 0 Å². The zero-order chi connectivity index (χ0) is 21.3. The van der Waals surface area contributed by atoms with E-state index < -0.39 is 4.92 Å². The van der Waals surface area contributed by atoms with Gasteiger partial charge in [-0.05, 0) is 31.2 Å². The topological polar surface area (TPSA) is 102 Å². The van der Waals surface area contributed by atoms with Crippen molar-refractivity contribution >= 4 is 28.6 Å². The molecule has 7 nitrogen and oxygen atoms in total. The molecule has 4 rings (SSSR count). The van der Waals surface area contributed by atoms with Gasteiger partial charge in [-0.2, -0.15) is 5.26 Å². The predicted molar refractivity (Wildman–Crippen MR) is 112 cm³/mol. The fourth-order valence-electron chi connectivity index (χ4n) is 3.36. The van der Waals surface area contributed by atoms with Crippen molar-refractivity contribution in [3.05, 3.63) is 93.9 Å². The van der Waals surface area contributed by atoms with Gasteiger partial charge in [0.05, 0.1) is 16.0 Å². The van der Waals surface area contributed by atoms with Gasteiger partial charge in [-0.15, -0.1) is 0 Å². The number of hydrogen-bond acceptors (Lipinski definition) is 5. The molecule has 0 aliphatic rings. The number of furan rings is 1. The van der Waals surface area contributed by atoms with Crippen LogP contribution in [0.5, 0.6) is 0 Å². The maximum atomic E-state index is 12.7. The lowest BCUT2D eigenvalue weighted by molar-refractivity contribution is -0.385. The minimum Gasteiger partial charge on any atom is -0.457 e. The van der Waals surface area contributed by atoms with Gasteiger partial charge in [0.15, 0.2) is 0 Å². The molecule has 30 heavy (non-hydrogen) atoms. The summed E-state index contributed by atoms with van der Waals surface area (Å²) in [6, 6.07) is 17.5. The first kappa shape index (κ1) is 18.9. The van der Waals surface area contributed by atoms with E-state index in [4.69, 9.17) is 4.42 Å². The van der Waals surface area contributed by atoms with Crippen LogP contribution in [0.15, 0.2) is 71.3 Å². The predicted octanol–water partition coefficient (Wildman–Crippen LogP) is 5.34. The highest BCUT2D eigenvalue weighted by Gasteiger charge is 2.16. The average Bonchev–Trinajstić information content (AvgIpc) is 3.36. The van der Waals surface area contributed by atoms with Crippen LogP contribution in [-0.4, -0.2) is 15.4 Å². The average molecular weight is 397 g/mol. The van der Waals surface area contributed by atoms with Crippen LogP contribution >= 0.6 is 0 Å². The Balaban J connectivity index is 1.62. The molecule has 4 aromatic rings. The van der Waals surface area contributed by atoms with Crippen LogP contribution in [0, 0.1) is 28.4 Å². The molecule has 146 valence electrons. The third-order valence-corrected chi connectivity index (χ3v) is 4.85. The maximum Gasteiger partial charge on any atom is 0.273 e. The largest absolute Gasteiger partial charge is 0.457 e. The first-order valence-electron chi connectivity index (χ1n) is 9.06. The molecule has 2 aromatic carbocycles. The number of fused-ring (bicyclic) bond motifs is 1. The van der Waals surface area contributed by atoms with Gasteiger partial charge in [0, 0.05) is 34.9 Å². The fourth-order valence-corrected chi connectivity index (χ4v) is 3.36. The molecular formula is C23H15N3O4. The summed E-state index contributed by atoms with van der Waals surface area (Å²) >= 11 is 0. The summed E-state index contributed by atoms with van der Waals surface area (Å²) in [5.41, 5.74) is 2.21. The number of rotatable bonds is 4. The molecule has 0 radical (unpaired) electrons. The number of benzene rings is 2. The Kier molecular flexibility index (Phi) is 4.74. The van der Waals surface area contributed by atoms with Gasteiger partial charge in [-0.3, -0.25) is 19.5 Å². The quantitative estimate of drug-likeness (QED) is 0.263. The Morgan fingerprint density at radius 2 is 1.97 bits per heavy atom. The number of nitro groups is 1. The molecule has 0 atom stereocenters. The molecule has 0 unspecified atom stereocenters. The van der Waals surface area contributed by atoms with Crippen molar-refractivity contribution < 1.29 is 14.1 Å². The second-order valence-electron chi connectivity index (χ2n) is 6.62. The van der Waals surface area contributed by atoms with Crippen LogP contribution in [0.4, 0.5) is 5.69 Å². The molecule has 0 aliphatic heterocycles. The van der Waals surface area contributed by atoms with E-state index in [1.165, 1.54) is 29.0 Å². The standard InChI is InChI=1S/C23H15N3O4/c1-15-18(6-4-8-20(15)26(28)29)22-11-9-17(30-22)10-12-23(27)25-14-16(13-24)19-5-2-3-7-21(19)25/h2-12,14H,1H3/b12-10+. The summed E-state index contributed by atoms with van der Waals surface area (Å²) in [5, 5.41) is 21.1. The lowest BCUT2D eigenvalue weighted by Gasteiger charge is -2.03. The van der Waals surface area contributed by atoms with Crippen molar-refractivity contribution in [1.82, 2.24) is 4.57 Å². The molecule has 0 amide bonds. The number of nitriles is 1. The number of nitrogens with zero attached hydrogens (tertiary/aromatic N) is 3. The number of carbonyl (C=O) groups excluding carboxylic acids is 1. The van der Waals surface area contributed by atoms with Gasteiger partial charge in [-0.1, -0.05) is 30.3 Å². The molecule has 0 fully saturated rings. The SMILES string of the molecule is Cc1c(-c2ccc(/C=C/C(=O)n3cc(C#N)c4ccccc43)o2)cccc1[N+](=O)[O-]. The Labute approximate surface area is 171 Å². The van der Waals surface area contributed by atoms with Crippen molar-refractivity contribution in [2.45, 2.75) is 6.92 Å². The van der Waals surface area contributed by atoms with Crippen molar-refractivity contribution in [2.75, 3.05) is 0 Å². The molecular weight excluding hydrogens is 382 g/mol. The minimum atomic E-state index is -0.432. The zero-order valence-corrected chi connectivity index (χ0v) is 15.9. The molecule has 0 N–H and O–H groups in total. The molecule has 0 spiro atoms. The fraction of sp³-hybridized carbons (Fsp3) is 0.0435. The highest BCUT2D eigenvalue weighted by molar-refractivity contribution is 6.01. The molecule has 2 heterocycles. The van der Waals surface area contributed by atoms with Gasteiger partial charge in [0.25, 0.3) is 11.6 Å². The zero-order valence-electron chi connectivity index (χ0n) is 15.9. The Morgan fingerprint density at radius 3 is 2.73 bits per heavy atom. The highest BCUT2D eigenvalue weighted by atomic mass is 16.6. The van der Waals surface area contributed by atoms with Crippen LogP contribution in [0.2, 0.25) is 0 Å². The number of nitro benzene ring substituents is 1. The smallest absolute Gasteiger partial charge is 0.273 e. The van der Waals surface area contributed by atoms with E-state index in [2.05, 4.69) is 6.07 Å². The van der Waals surface area contributed by atoms with E-state index in [1.54, 1.807) is 49.4 Å². The summed E-state index contributed by atoms with van der Waals surface area (Å²) in [6.45, 7) is 1.67. The van der Waals surface area contributed by atoms with Gasteiger partial charge in [0.1, 0.15) is 17.6 Å². The van der Waals surface area contributed by atoms with Crippen LogP contribution in [0.1, 0.15) is 21.7 Å². The summed E-state index contributed by atoms with van der Waals surface area (Å²) < 4.78 is 7.18. The molecule has 0 aliphatic carbocycles. The normalized spacial score (nSPS) is 11.1. The van der Waals surface area contributed by atoms with Gasteiger partial charge in [-0.25, -0.2) is 0 Å². The van der Waals surface area contributed by atoms with Gasteiger partial charge >= 0.3 is 0 Å². The van der Waals surface area contributed by atoms with Crippen molar-refractivity contribution in [1.29, 1.82) is 5.26 Å². The summed E-state index contributed by atoms with van der Waals surface area (Å²) in [4.78, 5) is 23.4. The van der Waals surface area contributed by atoms with Gasteiger partial charge < -0.3 is 4.42 Å². The van der Waals surface area contributed by atoms with E-state index in [0.717, 1.165) is 0 Å².